The van der Waals surface area contributed by atoms with Crippen molar-refractivity contribution in [2.75, 3.05) is 44.2 Å². The highest BCUT2D eigenvalue weighted by atomic mass is 32.2. The Morgan fingerprint density at radius 2 is 1.73 bits per heavy atom. The summed E-state index contributed by atoms with van der Waals surface area (Å²) >= 11 is 0. The van der Waals surface area contributed by atoms with Gasteiger partial charge in [0.15, 0.2) is 0 Å². The summed E-state index contributed by atoms with van der Waals surface area (Å²) in [7, 11) is -3.62. The number of halogens is 1. The van der Waals surface area contributed by atoms with E-state index >= 15 is 0 Å². The lowest BCUT2D eigenvalue weighted by Gasteiger charge is -2.36. The second-order valence-electron chi connectivity index (χ2n) is 6.47. The zero-order valence-electron chi connectivity index (χ0n) is 14.9. The molecule has 1 aliphatic rings. The van der Waals surface area contributed by atoms with E-state index in [4.69, 9.17) is 0 Å². The van der Waals surface area contributed by atoms with Gasteiger partial charge < -0.3 is 4.90 Å². The molecule has 0 saturated carbocycles. The molecule has 1 fully saturated rings. The maximum atomic E-state index is 13.2. The van der Waals surface area contributed by atoms with E-state index in [0.29, 0.717) is 18.7 Å². The molecule has 1 N–H and O–H groups in total. The van der Waals surface area contributed by atoms with Crippen LogP contribution < -0.4 is 9.62 Å². The normalized spacial score (nSPS) is 16.0. The third kappa shape index (κ3) is 4.60. The lowest BCUT2D eigenvalue weighted by molar-refractivity contribution is 0.262. The number of benzene rings is 2. The number of sulfonamides is 1. The van der Waals surface area contributed by atoms with Crippen molar-refractivity contribution in [1.29, 1.82) is 0 Å². The van der Waals surface area contributed by atoms with Crippen molar-refractivity contribution in [3.63, 3.8) is 0 Å². The SMILES string of the molecule is Cc1cc(F)ccc1S(=O)(=O)NCCN1CCN(c2ccccc2)CC1. The molecule has 26 heavy (non-hydrogen) atoms. The van der Waals surface area contributed by atoms with Crippen LogP contribution >= 0.6 is 0 Å². The fourth-order valence-corrected chi connectivity index (χ4v) is 4.44. The van der Waals surface area contributed by atoms with Crippen LogP contribution in [-0.4, -0.2) is 52.6 Å². The second kappa shape index (κ2) is 8.16. The third-order valence-corrected chi connectivity index (χ3v) is 6.26. The molecule has 0 radical (unpaired) electrons. The van der Waals surface area contributed by atoms with Gasteiger partial charge in [0.25, 0.3) is 0 Å². The Bertz CT molecular complexity index is 835. The molecule has 2 aromatic carbocycles. The van der Waals surface area contributed by atoms with Crippen molar-refractivity contribution in [3.8, 4) is 0 Å². The predicted octanol–water partition coefficient (Wildman–Crippen LogP) is 2.23. The first-order valence-electron chi connectivity index (χ1n) is 8.74. The van der Waals surface area contributed by atoms with Gasteiger partial charge in [-0.3, -0.25) is 4.90 Å². The summed E-state index contributed by atoms with van der Waals surface area (Å²) in [4.78, 5) is 4.72. The van der Waals surface area contributed by atoms with Gasteiger partial charge in [0.2, 0.25) is 10.0 Å². The molecule has 0 unspecified atom stereocenters. The van der Waals surface area contributed by atoms with Crippen molar-refractivity contribution in [2.45, 2.75) is 11.8 Å². The molecule has 0 spiro atoms. The number of hydrogen-bond donors (Lipinski definition) is 1. The molecular weight excluding hydrogens is 353 g/mol. The van der Waals surface area contributed by atoms with Gasteiger partial charge in [-0.25, -0.2) is 17.5 Å². The van der Waals surface area contributed by atoms with Crippen LogP contribution in [0.1, 0.15) is 5.56 Å². The highest BCUT2D eigenvalue weighted by molar-refractivity contribution is 7.89. The number of aryl methyl sites for hydroxylation is 1. The Labute approximate surface area is 154 Å². The number of hydrogen-bond acceptors (Lipinski definition) is 4. The quantitative estimate of drug-likeness (QED) is 0.839. The van der Waals surface area contributed by atoms with Crippen LogP contribution in [0.3, 0.4) is 0 Å². The first-order chi connectivity index (χ1) is 12.5. The number of rotatable bonds is 6. The van der Waals surface area contributed by atoms with Crippen molar-refractivity contribution in [2.24, 2.45) is 0 Å². The Morgan fingerprint density at radius 3 is 2.38 bits per heavy atom. The number of para-hydroxylation sites is 1. The number of nitrogens with one attached hydrogen (secondary N) is 1. The molecule has 1 saturated heterocycles. The smallest absolute Gasteiger partial charge is 0.240 e. The third-order valence-electron chi connectivity index (χ3n) is 4.64. The largest absolute Gasteiger partial charge is 0.369 e. The Kier molecular flexibility index (Phi) is 5.90. The summed E-state index contributed by atoms with van der Waals surface area (Å²) in [5.41, 5.74) is 1.63. The Balaban J connectivity index is 1.48. The summed E-state index contributed by atoms with van der Waals surface area (Å²) in [6.07, 6.45) is 0. The van der Waals surface area contributed by atoms with Crippen LogP contribution in [0.2, 0.25) is 0 Å². The molecule has 140 valence electrons. The summed E-state index contributed by atoms with van der Waals surface area (Å²) in [6, 6.07) is 14.0. The molecule has 2 aromatic rings. The van der Waals surface area contributed by atoms with E-state index in [2.05, 4.69) is 26.7 Å². The molecule has 3 rings (SSSR count). The van der Waals surface area contributed by atoms with Crippen LogP contribution in [0.25, 0.3) is 0 Å². The van der Waals surface area contributed by atoms with Gasteiger partial charge in [0.1, 0.15) is 5.82 Å². The first kappa shape index (κ1) is 18.8. The zero-order valence-corrected chi connectivity index (χ0v) is 15.7. The Hall–Kier alpha value is -1.96. The van der Waals surface area contributed by atoms with Crippen LogP contribution in [0.5, 0.6) is 0 Å². The molecule has 0 aromatic heterocycles. The van der Waals surface area contributed by atoms with Crippen molar-refractivity contribution < 1.29 is 12.8 Å². The highest BCUT2D eigenvalue weighted by Gasteiger charge is 2.19. The molecule has 1 aliphatic heterocycles. The van der Waals surface area contributed by atoms with Crippen LogP contribution in [-0.2, 0) is 10.0 Å². The van der Waals surface area contributed by atoms with E-state index in [0.717, 1.165) is 26.2 Å². The zero-order chi connectivity index (χ0) is 18.6. The van der Waals surface area contributed by atoms with Gasteiger partial charge >= 0.3 is 0 Å². The van der Waals surface area contributed by atoms with E-state index in [1.54, 1.807) is 6.92 Å². The predicted molar refractivity (Wildman–Crippen MR) is 101 cm³/mol. The topological polar surface area (TPSA) is 52.7 Å². The van der Waals surface area contributed by atoms with Gasteiger partial charge in [-0.05, 0) is 42.8 Å². The molecule has 5 nitrogen and oxygen atoms in total. The molecular formula is C19H24FN3O2S. The average molecular weight is 377 g/mol. The number of piperazine rings is 1. The maximum Gasteiger partial charge on any atom is 0.240 e. The fourth-order valence-electron chi connectivity index (χ4n) is 3.20. The molecule has 0 atom stereocenters. The van der Waals surface area contributed by atoms with Crippen LogP contribution in [0, 0.1) is 12.7 Å². The molecule has 0 bridgehead atoms. The van der Waals surface area contributed by atoms with E-state index in [-0.39, 0.29) is 4.90 Å². The summed E-state index contributed by atoms with van der Waals surface area (Å²) < 4.78 is 40.5. The Morgan fingerprint density at radius 1 is 1.04 bits per heavy atom. The van der Waals surface area contributed by atoms with E-state index in [9.17, 15) is 12.8 Å². The maximum absolute atomic E-state index is 13.2. The van der Waals surface area contributed by atoms with Crippen molar-refractivity contribution in [3.05, 3.63) is 59.9 Å². The lowest BCUT2D eigenvalue weighted by Crippen LogP contribution is -2.48. The number of nitrogens with zero attached hydrogens (tertiary/aromatic N) is 2. The summed E-state index contributed by atoms with van der Waals surface area (Å²) in [5.74, 6) is -0.433. The minimum absolute atomic E-state index is 0.132. The summed E-state index contributed by atoms with van der Waals surface area (Å²) in [5, 5.41) is 0. The van der Waals surface area contributed by atoms with Crippen molar-refractivity contribution in [1.82, 2.24) is 9.62 Å². The van der Waals surface area contributed by atoms with Crippen molar-refractivity contribution >= 4 is 15.7 Å². The van der Waals surface area contributed by atoms with Crippen LogP contribution in [0.4, 0.5) is 10.1 Å². The first-order valence-corrected chi connectivity index (χ1v) is 10.2. The van der Waals surface area contributed by atoms with Gasteiger partial charge in [0, 0.05) is 45.0 Å². The molecule has 1 heterocycles. The monoisotopic (exact) mass is 377 g/mol. The lowest BCUT2D eigenvalue weighted by atomic mass is 10.2. The molecule has 0 aliphatic carbocycles. The molecule has 0 amide bonds. The van der Waals surface area contributed by atoms with Gasteiger partial charge in [-0.2, -0.15) is 0 Å². The molecule has 7 heteroatoms. The second-order valence-corrected chi connectivity index (χ2v) is 8.21. The average Bonchev–Trinajstić information content (AvgIpc) is 2.62. The van der Waals surface area contributed by atoms with Gasteiger partial charge in [-0.15, -0.1) is 0 Å². The van der Waals surface area contributed by atoms with E-state index in [1.165, 1.54) is 23.9 Å². The standard InChI is InChI=1S/C19H24FN3O2S/c1-16-15-17(20)7-8-19(16)26(24,25)21-9-10-22-11-13-23(14-12-22)18-5-3-2-4-6-18/h2-8,15,21H,9-14H2,1H3. The van der Waals surface area contributed by atoms with Gasteiger partial charge in [-0.1, -0.05) is 18.2 Å². The fraction of sp³-hybridized carbons (Fsp3) is 0.368. The van der Waals surface area contributed by atoms with E-state index in [1.807, 2.05) is 18.2 Å². The highest BCUT2D eigenvalue weighted by Crippen LogP contribution is 2.17. The van der Waals surface area contributed by atoms with E-state index < -0.39 is 15.8 Å². The van der Waals surface area contributed by atoms with Crippen LogP contribution in [0.15, 0.2) is 53.4 Å². The minimum Gasteiger partial charge on any atom is -0.369 e. The minimum atomic E-state index is -3.62. The number of anilines is 1. The summed E-state index contributed by atoms with van der Waals surface area (Å²) in [6.45, 7) is 6.23. The van der Waals surface area contributed by atoms with Gasteiger partial charge in [0.05, 0.1) is 4.90 Å².